The van der Waals surface area contributed by atoms with E-state index in [-0.39, 0.29) is 5.91 Å². The topological polar surface area (TPSA) is 58.1 Å². The first-order valence-electron chi connectivity index (χ1n) is 8.86. The van der Waals surface area contributed by atoms with E-state index in [9.17, 15) is 4.79 Å². The maximum absolute atomic E-state index is 12.8. The van der Waals surface area contributed by atoms with Gasteiger partial charge in [0.25, 0.3) is 5.91 Å². The molecule has 0 aliphatic carbocycles. The number of aromatic nitrogens is 2. The number of hydrogen-bond acceptors (Lipinski definition) is 4. The number of carbonyl (C=O) groups is 1. The van der Waals surface area contributed by atoms with E-state index in [2.05, 4.69) is 27.4 Å². The summed E-state index contributed by atoms with van der Waals surface area (Å²) in [4.78, 5) is 23.1. The number of rotatable bonds is 4. The van der Waals surface area contributed by atoms with Crippen LogP contribution in [0.4, 0.5) is 5.95 Å². The largest absolute Gasteiger partial charge is 0.350 e. The lowest BCUT2D eigenvalue weighted by Crippen LogP contribution is -2.36. The number of nitrogens with zero attached hydrogens (tertiary/aromatic N) is 3. The van der Waals surface area contributed by atoms with Crippen molar-refractivity contribution in [2.75, 3.05) is 11.9 Å². The zero-order chi connectivity index (χ0) is 18.6. The highest BCUT2D eigenvalue weighted by atomic mass is 35.5. The van der Waals surface area contributed by atoms with Crippen molar-refractivity contribution < 1.29 is 4.79 Å². The first-order chi connectivity index (χ1) is 13.2. The van der Waals surface area contributed by atoms with Gasteiger partial charge in [0.2, 0.25) is 5.95 Å². The number of fused-ring (bicyclic) bond motifs is 1. The van der Waals surface area contributed by atoms with E-state index in [1.54, 1.807) is 12.4 Å². The van der Waals surface area contributed by atoms with E-state index >= 15 is 0 Å². The van der Waals surface area contributed by atoms with Crippen LogP contribution in [0.5, 0.6) is 0 Å². The summed E-state index contributed by atoms with van der Waals surface area (Å²) in [5, 5.41) is 3.83. The second-order valence-corrected chi connectivity index (χ2v) is 6.89. The smallest absolute Gasteiger partial charge is 0.257 e. The Balaban J connectivity index is 1.40. The zero-order valence-corrected chi connectivity index (χ0v) is 15.5. The Kier molecular flexibility index (Phi) is 5.03. The van der Waals surface area contributed by atoms with Crippen molar-refractivity contribution in [2.45, 2.75) is 19.5 Å². The van der Waals surface area contributed by atoms with E-state index in [4.69, 9.17) is 11.6 Å². The quantitative estimate of drug-likeness (QED) is 0.747. The zero-order valence-electron chi connectivity index (χ0n) is 14.7. The molecule has 3 aromatic rings. The molecule has 1 aromatic heterocycles. The molecule has 5 nitrogen and oxygen atoms in total. The van der Waals surface area contributed by atoms with Crippen LogP contribution >= 0.6 is 11.6 Å². The molecule has 6 heteroatoms. The summed E-state index contributed by atoms with van der Waals surface area (Å²) in [7, 11) is 0. The lowest BCUT2D eigenvalue weighted by molar-refractivity contribution is 0.0734. The normalized spacial score (nSPS) is 13.1. The molecule has 2 heterocycles. The number of nitrogens with one attached hydrogen (secondary N) is 1. The average Bonchev–Trinajstić information content (AvgIpc) is 2.73. The van der Waals surface area contributed by atoms with Gasteiger partial charge in [0.05, 0.1) is 5.56 Å². The van der Waals surface area contributed by atoms with E-state index in [1.807, 2.05) is 41.3 Å². The molecule has 27 heavy (non-hydrogen) atoms. The fourth-order valence-corrected chi connectivity index (χ4v) is 3.40. The molecule has 0 fully saturated rings. The van der Waals surface area contributed by atoms with Gasteiger partial charge in [-0.1, -0.05) is 54.1 Å². The minimum atomic E-state index is -0.0397. The third-order valence-corrected chi connectivity index (χ3v) is 5.08. The van der Waals surface area contributed by atoms with Gasteiger partial charge in [-0.05, 0) is 29.2 Å². The van der Waals surface area contributed by atoms with Crippen LogP contribution in [0.3, 0.4) is 0 Å². The highest BCUT2D eigenvalue weighted by molar-refractivity contribution is 6.31. The van der Waals surface area contributed by atoms with E-state index in [0.29, 0.717) is 36.2 Å². The minimum absolute atomic E-state index is 0.0397. The first-order valence-corrected chi connectivity index (χ1v) is 9.24. The highest BCUT2D eigenvalue weighted by Gasteiger charge is 2.22. The van der Waals surface area contributed by atoms with Crippen molar-refractivity contribution in [1.29, 1.82) is 0 Å². The van der Waals surface area contributed by atoms with Crippen LogP contribution in [0.2, 0.25) is 5.02 Å². The predicted octanol–water partition coefficient (Wildman–Crippen LogP) is 3.94. The second-order valence-electron chi connectivity index (χ2n) is 6.49. The molecule has 0 saturated carbocycles. The van der Waals surface area contributed by atoms with E-state index in [0.717, 1.165) is 12.0 Å². The third kappa shape index (κ3) is 3.93. The van der Waals surface area contributed by atoms with E-state index < -0.39 is 0 Å². The number of anilines is 1. The Morgan fingerprint density at radius 1 is 1.04 bits per heavy atom. The lowest BCUT2D eigenvalue weighted by Gasteiger charge is -2.28. The van der Waals surface area contributed by atoms with Gasteiger partial charge in [-0.3, -0.25) is 4.79 Å². The summed E-state index contributed by atoms with van der Waals surface area (Å²) < 4.78 is 0. The van der Waals surface area contributed by atoms with Crippen molar-refractivity contribution in [3.63, 3.8) is 0 Å². The standard InChI is InChI=1S/C21H19ClN4O/c22-19-8-4-3-6-16(19)11-23-21-24-12-18(13-25-21)20(27)26-10-9-15-5-1-2-7-17(15)14-26/h1-8,12-13H,9-11,14H2,(H,23,24,25). The van der Waals surface area contributed by atoms with Gasteiger partial charge in [0.1, 0.15) is 0 Å². The molecule has 4 rings (SSSR count). The van der Waals surface area contributed by atoms with Crippen LogP contribution < -0.4 is 5.32 Å². The molecule has 136 valence electrons. The summed E-state index contributed by atoms with van der Waals surface area (Å²) >= 11 is 6.15. The van der Waals surface area contributed by atoms with Crippen LogP contribution in [0.15, 0.2) is 60.9 Å². The van der Waals surface area contributed by atoms with Gasteiger partial charge in [-0.2, -0.15) is 0 Å². The monoisotopic (exact) mass is 378 g/mol. The summed E-state index contributed by atoms with van der Waals surface area (Å²) in [6, 6.07) is 15.9. The van der Waals surface area contributed by atoms with Crippen molar-refractivity contribution in [2.24, 2.45) is 0 Å². The van der Waals surface area contributed by atoms with Crippen molar-refractivity contribution in [3.05, 3.63) is 88.2 Å². The summed E-state index contributed by atoms with van der Waals surface area (Å²) in [5.41, 5.74) is 3.99. The molecular formula is C21H19ClN4O. The predicted molar refractivity (Wildman–Crippen MR) is 106 cm³/mol. The Morgan fingerprint density at radius 2 is 1.74 bits per heavy atom. The molecule has 0 unspecified atom stereocenters. The average molecular weight is 379 g/mol. The molecule has 0 bridgehead atoms. The molecule has 1 aliphatic heterocycles. The van der Waals surface area contributed by atoms with Crippen LogP contribution in [0.1, 0.15) is 27.0 Å². The van der Waals surface area contributed by atoms with Gasteiger partial charge in [0, 0.05) is 37.1 Å². The Morgan fingerprint density at radius 3 is 2.52 bits per heavy atom. The van der Waals surface area contributed by atoms with Crippen LogP contribution in [-0.4, -0.2) is 27.3 Å². The SMILES string of the molecule is O=C(c1cnc(NCc2ccccc2Cl)nc1)N1CCc2ccccc2C1. The Hall–Kier alpha value is -2.92. The van der Waals surface area contributed by atoms with Crippen molar-refractivity contribution in [3.8, 4) is 0 Å². The van der Waals surface area contributed by atoms with Gasteiger partial charge < -0.3 is 10.2 Å². The van der Waals surface area contributed by atoms with Gasteiger partial charge in [-0.25, -0.2) is 9.97 Å². The molecule has 1 N–H and O–H groups in total. The second kappa shape index (κ2) is 7.76. The summed E-state index contributed by atoms with van der Waals surface area (Å²) in [6.07, 6.45) is 4.02. The van der Waals surface area contributed by atoms with E-state index in [1.165, 1.54) is 11.1 Å². The maximum Gasteiger partial charge on any atom is 0.257 e. The number of benzene rings is 2. The molecule has 1 aliphatic rings. The van der Waals surface area contributed by atoms with Crippen molar-refractivity contribution in [1.82, 2.24) is 14.9 Å². The van der Waals surface area contributed by atoms with Crippen molar-refractivity contribution >= 4 is 23.5 Å². The first kappa shape index (κ1) is 17.5. The van der Waals surface area contributed by atoms with Gasteiger partial charge >= 0.3 is 0 Å². The molecule has 0 spiro atoms. The summed E-state index contributed by atoms with van der Waals surface area (Å²) in [5.74, 6) is 0.428. The molecule has 1 amide bonds. The fourth-order valence-electron chi connectivity index (χ4n) is 3.20. The number of hydrogen-bond donors (Lipinski definition) is 1. The Bertz CT molecular complexity index is 958. The van der Waals surface area contributed by atoms with Crippen LogP contribution in [0, 0.1) is 0 Å². The molecule has 0 atom stereocenters. The minimum Gasteiger partial charge on any atom is -0.350 e. The third-order valence-electron chi connectivity index (χ3n) is 4.71. The molecule has 2 aromatic carbocycles. The number of halogens is 1. The number of amides is 1. The number of carbonyl (C=O) groups excluding carboxylic acids is 1. The Labute approximate surface area is 163 Å². The molecule has 0 saturated heterocycles. The highest BCUT2D eigenvalue weighted by Crippen LogP contribution is 2.20. The maximum atomic E-state index is 12.8. The van der Waals surface area contributed by atoms with Gasteiger partial charge in [0.15, 0.2) is 0 Å². The van der Waals surface area contributed by atoms with Crippen LogP contribution in [-0.2, 0) is 19.5 Å². The molecular weight excluding hydrogens is 360 g/mol. The summed E-state index contributed by atoms with van der Waals surface area (Å²) in [6.45, 7) is 1.86. The lowest BCUT2D eigenvalue weighted by atomic mass is 9.99. The van der Waals surface area contributed by atoms with Gasteiger partial charge in [-0.15, -0.1) is 0 Å². The fraction of sp³-hybridized carbons (Fsp3) is 0.190. The molecule has 0 radical (unpaired) electrons. The van der Waals surface area contributed by atoms with Crippen LogP contribution in [0.25, 0.3) is 0 Å².